The lowest BCUT2D eigenvalue weighted by Gasteiger charge is -2.20. The summed E-state index contributed by atoms with van der Waals surface area (Å²) in [7, 11) is -2.66. The average molecular weight is 752 g/mol. The molecule has 0 aliphatic rings. The predicted molar refractivity (Wildman–Crippen MR) is 215 cm³/mol. The average Bonchev–Trinajstić information content (AvgIpc) is 3.12. The van der Waals surface area contributed by atoms with Crippen LogP contribution >= 0.6 is 7.82 Å². The summed E-state index contributed by atoms with van der Waals surface area (Å²) in [4.78, 5) is 34.9. The van der Waals surface area contributed by atoms with E-state index < -0.39 is 32.5 Å². The Labute approximate surface area is 317 Å². The van der Waals surface area contributed by atoms with E-state index in [1.807, 2.05) is 0 Å². The molecule has 0 amide bonds. The number of allylic oxidation sites excluding steroid dienone is 10. The Hall–Kier alpha value is -2.29. The summed E-state index contributed by atoms with van der Waals surface area (Å²) in [5, 5.41) is 2.81. The van der Waals surface area contributed by atoms with E-state index in [-0.39, 0.29) is 26.1 Å². The number of hydrogen-bond acceptors (Lipinski definition) is 8. The van der Waals surface area contributed by atoms with Crippen LogP contribution in [-0.4, -0.2) is 56.3 Å². The third-order valence-electron chi connectivity index (χ3n) is 8.11. The second kappa shape index (κ2) is 38.4. The second-order valence-electron chi connectivity index (χ2n) is 13.1. The zero-order valence-corrected chi connectivity index (χ0v) is 33.9. The molecule has 0 aliphatic heterocycles. The molecule has 9 nitrogen and oxygen atoms in total. The number of carbonyl (C=O) groups is 2. The first kappa shape index (κ1) is 49.7. The van der Waals surface area contributed by atoms with Gasteiger partial charge in [0.1, 0.15) is 6.61 Å². The highest BCUT2D eigenvalue weighted by molar-refractivity contribution is 7.47. The molecule has 0 saturated heterocycles. The highest BCUT2D eigenvalue weighted by atomic mass is 31.2. The van der Waals surface area contributed by atoms with Gasteiger partial charge in [-0.2, -0.15) is 0 Å². The molecule has 0 fully saturated rings. The van der Waals surface area contributed by atoms with Gasteiger partial charge < -0.3 is 19.7 Å². The number of unbranched alkanes of at least 4 members (excludes halogenated alkanes) is 13. The summed E-state index contributed by atoms with van der Waals surface area (Å²) in [6.07, 6.45) is 42.7. The molecule has 0 heterocycles. The summed E-state index contributed by atoms with van der Waals surface area (Å²) in [6, 6.07) is 0. The van der Waals surface area contributed by atoms with Crippen molar-refractivity contribution in [3.8, 4) is 0 Å². The first-order chi connectivity index (χ1) is 25.3. The first-order valence-corrected chi connectivity index (χ1v) is 21.7. The third-order valence-corrected chi connectivity index (χ3v) is 9.09. The zero-order chi connectivity index (χ0) is 38.2. The number of nitrogens with one attached hydrogen (secondary N) is 1. The molecular weight excluding hydrogens is 677 g/mol. The minimum Gasteiger partial charge on any atom is -0.462 e. The lowest BCUT2D eigenvalue weighted by atomic mass is 10.1. The molecule has 0 aromatic rings. The molecule has 0 spiro atoms. The van der Waals surface area contributed by atoms with Crippen LogP contribution in [0.2, 0.25) is 0 Å². The summed E-state index contributed by atoms with van der Waals surface area (Å²) >= 11 is 0. The normalized spacial score (nSPS) is 14.0. The fraction of sp³-hybridized carbons (Fsp3) is 0.714. The molecule has 10 heteroatoms. The molecule has 0 rings (SSSR count). The van der Waals surface area contributed by atoms with Gasteiger partial charge in [-0.3, -0.25) is 18.6 Å². The molecule has 0 radical (unpaired) electrons. The summed E-state index contributed by atoms with van der Waals surface area (Å²) in [5.41, 5.74) is 0. The van der Waals surface area contributed by atoms with E-state index in [2.05, 4.69) is 79.9 Å². The number of carbonyl (C=O) groups excluding carboxylic acids is 2. The van der Waals surface area contributed by atoms with Gasteiger partial charge >= 0.3 is 19.8 Å². The summed E-state index contributed by atoms with van der Waals surface area (Å²) in [5.74, 6) is -0.861. The summed E-state index contributed by atoms with van der Waals surface area (Å²) < 4.78 is 33.0. The molecule has 52 heavy (non-hydrogen) atoms. The highest BCUT2D eigenvalue weighted by Gasteiger charge is 2.26. The number of hydrogen-bond donors (Lipinski definition) is 2. The molecule has 0 aromatic carbocycles. The topological polar surface area (TPSA) is 120 Å². The maximum absolute atomic E-state index is 12.5. The van der Waals surface area contributed by atoms with Crippen LogP contribution in [0, 0.1) is 0 Å². The maximum atomic E-state index is 12.5. The van der Waals surface area contributed by atoms with Crippen molar-refractivity contribution < 1.29 is 37.6 Å². The van der Waals surface area contributed by atoms with Gasteiger partial charge in [-0.15, -0.1) is 0 Å². The first-order valence-electron chi connectivity index (χ1n) is 20.2. The van der Waals surface area contributed by atoms with Gasteiger partial charge in [0.15, 0.2) is 6.10 Å². The Morgan fingerprint density at radius 1 is 0.596 bits per heavy atom. The van der Waals surface area contributed by atoms with Crippen molar-refractivity contribution in [1.29, 1.82) is 0 Å². The van der Waals surface area contributed by atoms with Crippen molar-refractivity contribution in [1.82, 2.24) is 5.32 Å². The van der Waals surface area contributed by atoms with E-state index >= 15 is 0 Å². The number of likely N-dealkylation sites (N-methyl/N-ethyl adjacent to an activating group) is 1. The van der Waals surface area contributed by atoms with Crippen LogP contribution in [0.3, 0.4) is 0 Å². The van der Waals surface area contributed by atoms with E-state index in [0.29, 0.717) is 19.4 Å². The Morgan fingerprint density at radius 2 is 1.06 bits per heavy atom. The fourth-order valence-electron chi connectivity index (χ4n) is 4.99. The van der Waals surface area contributed by atoms with Gasteiger partial charge in [-0.1, -0.05) is 126 Å². The molecule has 0 saturated carbocycles. The predicted octanol–water partition coefficient (Wildman–Crippen LogP) is 11.2. The van der Waals surface area contributed by atoms with Gasteiger partial charge in [0.05, 0.1) is 13.2 Å². The minimum atomic E-state index is -4.36. The van der Waals surface area contributed by atoms with Crippen molar-refractivity contribution in [3.05, 3.63) is 60.8 Å². The van der Waals surface area contributed by atoms with Crippen LogP contribution in [0.25, 0.3) is 0 Å². The number of ether oxygens (including phenoxy) is 2. The quantitative estimate of drug-likeness (QED) is 0.0276. The van der Waals surface area contributed by atoms with Gasteiger partial charge in [0.25, 0.3) is 0 Å². The van der Waals surface area contributed by atoms with Crippen molar-refractivity contribution in [2.24, 2.45) is 0 Å². The Bertz CT molecular complexity index is 1040. The molecule has 0 aliphatic carbocycles. The number of phosphoric ester groups is 1. The summed E-state index contributed by atoms with van der Waals surface area (Å²) in [6.45, 7) is 4.08. The fourth-order valence-corrected chi connectivity index (χ4v) is 5.74. The van der Waals surface area contributed by atoms with E-state index in [4.69, 9.17) is 18.5 Å². The molecule has 2 N–H and O–H groups in total. The van der Waals surface area contributed by atoms with E-state index in [0.717, 1.165) is 77.0 Å². The van der Waals surface area contributed by atoms with E-state index in [1.54, 1.807) is 7.05 Å². The van der Waals surface area contributed by atoms with Crippen molar-refractivity contribution in [2.75, 3.05) is 33.4 Å². The van der Waals surface area contributed by atoms with Gasteiger partial charge in [0.2, 0.25) is 0 Å². The standard InChI is InChI=1S/C42H74NO8P/c1-4-6-8-10-12-14-16-17-18-19-20-21-22-23-25-26-28-30-32-34-41(44)48-38-40(39-50-52(46,47)49-37-36-43-3)51-42(45)35-33-31-29-27-24-15-13-11-9-7-5-2/h11-14,17-18,20-21,23,25,40,43H,4-10,15-16,19,22,24,26-39H2,1-3H3,(H,46,47)/b13-11-,14-12-,18-17-,21-20-,25-23-. The van der Waals surface area contributed by atoms with E-state index in [9.17, 15) is 19.0 Å². The Balaban J connectivity index is 4.32. The SMILES string of the molecule is CCCC/C=C\CCCCCCCC(=O)OC(COC(=O)CCCCC/C=C\C/C=C\C/C=C\C/C=C\CCCCC)COP(=O)(O)OCCNC. The Kier molecular flexibility index (Phi) is 36.7. The molecule has 2 unspecified atom stereocenters. The van der Waals surface area contributed by atoms with Gasteiger partial charge in [0, 0.05) is 19.4 Å². The number of rotatable bonds is 37. The number of esters is 2. The lowest BCUT2D eigenvalue weighted by Crippen LogP contribution is -2.29. The molecule has 2 atom stereocenters. The van der Waals surface area contributed by atoms with Crippen LogP contribution < -0.4 is 5.32 Å². The lowest BCUT2D eigenvalue weighted by molar-refractivity contribution is -0.161. The third kappa shape index (κ3) is 37.5. The van der Waals surface area contributed by atoms with Gasteiger partial charge in [-0.05, 0) is 84.1 Å². The van der Waals surface area contributed by atoms with Crippen LogP contribution in [-0.2, 0) is 32.7 Å². The molecular formula is C42H74NO8P. The molecule has 0 aromatic heterocycles. The van der Waals surface area contributed by atoms with E-state index in [1.165, 1.54) is 38.5 Å². The Morgan fingerprint density at radius 3 is 1.63 bits per heavy atom. The maximum Gasteiger partial charge on any atom is 0.472 e. The second-order valence-corrected chi connectivity index (χ2v) is 14.6. The molecule has 300 valence electrons. The van der Waals surface area contributed by atoms with Crippen LogP contribution in [0.1, 0.15) is 155 Å². The van der Waals surface area contributed by atoms with Crippen LogP contribution in [0.4, 0.5) is 0 Å². The van der Waals surface area contributed by atoms with Crippen molar-refractivity contribution in [3.63, 3.8) is 0 Å². The monoisotopic (exact) mass is 752 g/mol. The number of phosphoric acid groups is 1. The molecule has 0 bridgehead atoms. The highest BCUT2D eigenvalue weighted by Crippen LogP contribution is 2.43. The van der Waals surface area contributed by atoms with Gasteiger partial charge in [-0.25, -0.2) is 4.57 Å². The van der Waals surface area contributed by atoms with Crippen LogP contribution in [0.15, 0.2) is 60.8 Å². The minimum absolute atomic E-state index is 0.0265. The zero-order valence-electron chi connectivity index (χ0n) is 33.0. The van der Waals surface area contributed by atoms with Crippen LogP contribution in [0.5, 0.6) is 0 Å². The van der Waals surface area contributed by atoms with Crippen molar-refractivity contribution >= 4 is 19.8 Å². The van der Waals surface area contributed by atoms with Crippen molar-refractivity contribution in [2.45, 2.75) is 161 Å². The smallest absolute Gasteiger partial charge is 0.462 e. The largest absolute Gasteiger partial charge is 0.472 e.